The highest BCUT2D eigenvalue weighted by atomic mass is 16.6. The quantitative estimate of drug-likeness (QED) is 0.625. The summed E-state index contributed by atoms with van der Waals surface area (Å²) >= 11 is 0. The van der Waals surface area contributed by atoms with Crippen molar-refractivity contribution in [1.29, 1.82) is 0 Å². The van der Waals surface area contributed by atoms with E-state index in [0.717, 1.165) is 12.8 Å². The van der Waals surface area contributed by atoms with Gasteiger partial charge < -0.3 is 10.2 Å². The Balaban J connectivity index is 1.55. The van der Waals surface area contributed by atoms with Crippen molar-refractivity contribution in [3.63, 3.8) is 0 Å². The van der Waals surface area contributed by atoms with Gasteiger partial charge in [0, 0.05) is 44.5 Å². The Morgan fingerprint density at radius 3 is 2.73 bits per heavy atom. The first-order valence-corrected chi connectivity index (χ1v) is 7.49. The average Bonchev–Trinajstić information content (AvgIpc) is 3.32. The number of amides is 1. The minimum atomic E-state index is -0.405. The van der Waals surface area contributed by atoms with Crippen molar-refractivity contribution in [2.75, 3.05) is 37.6 Å². The fourth-order valence-corrected chi connectivity index (χ4v) is 2.60. The summed E-state index contributed by atoms with van der Waals surface area (Å²) in [6.45, 7) is 3.06. The molecular weight excluding hydrogens is 286 g/mol. The molecule has 0 aromatic carbocycles. The maximum atomic E-state index is 11.8. The Labute approximate surface area is 128 Å². The van der Waals surface area contributed by atoms with Crippen LogP contribution in [-0.4, -0.2) is 59.5 Å². The van der Waals surface area contributed by atoms with E-state index >= 15 is 0 Å². The molecule has 8 heteroatoms. The van der Waals surface area contributed by atoms with Crippen LogP contribution in [-0.2, 0) is 4.79 Å². The Morgan fingerprint density at radius 2 is 2.09 bits per heavy atom. The average molecular weight is 305 g/mol. The number of hydrogen-bond donors (Lipinski definition) is 1. The van der Waals surface area contributed by atoms with Gasteiger partial charge in [0.05, 0.1) is 11.5 Å². The standard InChI is InChI=1S/C14H19N5O3/c20-13(16-11-3-4-11)10-17-6-8-18(9-7-17)14-12(19(21)22)2-1-5-15-14/h1-2,5,11H,3-4,6-10H2,(H,16,20). The maximum absolute atomic E-state index is 11.8. The third-order valence-corrected chi connectivity index (χ3v) is 3.94. The number of hydrogen-bond acceptors (Lipinski definition) is 6. The third kappa shape index (κ3) is 3.51. The molecule has 2 heterocycles. The molecule has 0 spiro atoms. The number of pyridine rings is 1. The van der Waals surface area contributed by atoms with E-state index in [9.17, 15) is 14.9 Å². The van der Waals surface area contributed by atoms with Gasteiger partial charge in [-0.25, -0.2) is 4.98 Å². The molecule has 2 fully saturated rings. The van der Waals surface area contributed by atoms with E-state index in [-0.39, 0.29) is 11.6 Å². The first kappa shape index (κ1) is 14.7. The summed E-state index contributed by atoms with van der Waals surface area (Å²) in [5.74, 6) is 0.481. The van der Waals surface area contributed by atoms with Gasteiger partial charge in [0.1, 0.15) is 0 Å². The number of rotatable bonds is 5. The first-order chi connectivity index (χ1) is 10.6. The summed E-state index contributed by atoms with van der Waals surface area (Å²) in [6, 6.07) is 3.42. The number of carbonyl (C=O) groups excluding carboxylic acids is 1. The molecule has 3 rings (SSSR count). The summed E-state index contributed by atoms with van der Waals surface area (Å²) in [6.07, 6.45) is 3.74. The fourth-order valence-electron chi connectivity index (χ4n) is 2.60. The van der Waals surface area contributed by atoms with E-state index in [1.165, 1.54) is 6.07 Å². The van der Waals surface area contributed by atoms with Crippen LogP contribution in [0.3, 0.4) is 0 Å². The van der Waals surface area contributed by atoms with Crippen molar-refractivity contribution in [3.05, 3.63) is 28.4 Å². The van der Waals surface area contributed by atoms with Crippen LogP contribution in [0.2, 0.25) is 0 Å². The number of nitrogens with zero attached hydrogens (tertiary/aromatic N) is 4. The SMILES string of the molecule is O=C(CN1CCN(c2ncccc2[N+](=O)[O-])CC1)NC1CC1. The van der Waals surface area contributed by atoms with Crippen molar-refractivity contribution in [1.82, 2.24) is 15.2 Å². The molecule has 1 N–H and O–H groups in total. The molecule has 1 amide bonds. The molecule has 22 heavy (non-hydrogen) atoms. The summed E-state index contributed by atoms with van der Waals surface area (Å²) in [4.78, 5) is 30.6. The van der Waals surface area contributed by atoms with Gasteiger partial charge >= 0.3 is 5.69 Å². The summed E-state index contributed by atoms with van der Waals surface area (Å²) < 4.78 is 0. The Hall–Kier alpha value is -2.22. The second-order valence-electron chi connectivity index (χ2n) is 5.71. The lowest BCUT2D eigenvalue weighted by atomic mass is 10.2. The highest BCUT2D eigenvalue weighted by molar-refractivity contribution is 5.78. The zero-order chi connectivity index (χ0) is 15.5. The number of nitro groups is 1. The van der Waals surface area contributed by atoms with E-state index in [1.54, 1.807) is 12.3 Å². The lowest BCUT2D eigenvalue weighted by Crippen LogP contribution is -2.50. The largest absolute Gasteiger partial charge is 0.352 e. The number of piperazine rings is 1. The summed E-state index contributed by atoms with van der Waals surface area (Å²) in [5, 5.41) is 14.0. The Bertz CT molecular complexity index is 567. The van der Waals surface area contributed by atoms with Gasteiger partial charge in [-0.1, -0.05) is 0 Å². The topological polar surface area (TPSA) is 91.6 Å². The molecule has 1 aliphatic carbocycles. The predicted molar refractivity (Wildman–Crippen MR) is 80.7 cm³/mol. The molecule has 1 saturated carbocycles. The fraction of sp³-hybridized carbons (Fsp3) is 0.571. The van der Waals surface area contributed by atoms with Gasteiger partial charge in [0.25, 0.3) is 0 Å². The molecule has 1 saturated heterocycles. The van der Waals surface area contributed by atoms with Crippen molar-refractivity contribution < 1.29 is 9.72 Å². The molecule has 8 nitrogen and oxygen atoms in total. The minimum absolute atomic E-state index is 0.0300. The van der Waals surface area contributed by atoms with Gasteiger partial charge in [-0.2, -0.15) is 0 Å². The maximum Gasteiger partial charge on any atom is 0.311 e. The number of anilines is 1. The summed E-state index contributed by atoms with van der Waals surface area (Å²) in [5.41, 5.74) is 0.0300. The summed E-state index contributed by atoms with van der Waals surface area (Å²) in [7, 11) is 0. The van der Waals surface area contributed by atoms with Crippen molar-refractivity contribution in [2.24, 2.45) is 0 Å². The number of nitrogens with one attached hydrogen (secondary N) is 1. The number of aromatic nitrogens is 1. The van der Waals surface area contributed by atoms with Crippen LogP contribution >= 0.6 is 0 Å². The van der Waals surface area contributed by atoms with E-state index in [2.05, 4.69) is 15.2 Å². The molecular formula is C14H19N5O3. The highest BCUT2D eigenvalue weighted by Crippen LogP contribution is 2.25. The Kier molecular flexibility index (Phi) is 4.19. The van der Waals surface area contributed by atoms with Crippen LogP contribution < -0.4 is 10.2 Å². The molecule has 2 aliphatic rings. The van der Waals surface area contributed by atoms with Crippen LogP contribution in [0.1, 0.15) is 12.8 Å². The van der Waals surface area contributed by atoms with E-state index in [0.29, 0.717) is 44.6 Å². The monoisotopic (exact) mass is 305 g/mol. The van der Waals surface area contributed by atoms with Crippen LogP contribution in [0, 0.1) is 10.1 Å². The van der Waals surface area contributed by atoms with E-state index in [1.807, 2.05) is 4.90 Å². The van der Waals surface area contributed by atoms with E-state index in [4.69, 9.17) is 0 Å². The third-order valence-electron chi connectivity index (χ3n) is 3.94. The molecule has 118 valence electrons. The lowest BCUT2D eigenvalue weighted by molar-refractivity contribution is -0.384. The molecule has 0 radical (unpaired) electrons. The van der Waals surface area contributed by atoms with Gasteiger partial charge in [0.15, 0.2) is 0 Å². The predicted octanol–water partition coefficient (Wildman–Crippen LogP) is 0.390. The van der Waals surface area contributed by atoms with Gasteiger partial charge in [-0.05, 0) is 18.9 Å². The van der Waals surface area contributed by atoms with Gasteiger partial charge in [-0.15, -0.1) is 0 Å². The molecule has 1 aromatic heterocycles. The molecule has 1 aromatic rings. The molecule has 0 bridgehead atoms. The first-order valence-electron chi connectivity index (χ1n) is 7.49. The van der Waals surface area contributed by atoms with E-state index < -0.39 is 4.92 Å². The van der Waals surface area contributed by atoms with Crippen LogP contribution in [0.5, 0.6) is 0 Å². The Morgan fingerprint density at radius 1 is 1.36 bits per heavy atom. The smallest absolute Gasteiger partial charge is 0.311 e. The van der Waals surface area contributed by atoms with Crippen molar-refractivity contribution in [2.45, 2.75) is 18.9 Å². The lowest BCUT2D eigenvalue weighted by Gasteiger charge is -2.34. The van der Waals surface area contributed by atoms with Crippen LogP contribution in [0.15, 0.2) is 18.3 Å². The molecule has 0 atom stereocenters. The minimum Gasteiger partial charge on any atom is -0.352 e. The zero-order valence-electron chi connectivity index (χ0n) is 12.3. The number of carbonyl (C=O) groups is 1. The van der Waals surface area contributed by atoms with Crippen molar-refractivity contribution in [3.8, 4) is 0 Å². The van der Waals surface area contributed by atoms with Crippen LogP contribution in [0.25, 0.3) is 0 Å². The second kappa shape index (κ2) is 6.27. The van der Waals surface area contributed by atoms with Gasteiger partial charge in [-0.3, -0.25) is 19.8 Å². The second-order valence-corrected chi connectivity index (χ2v) is 5.71. The molecule has 1 aliphatic heterocycles. The van der Waals surface area contributed by atoms with Gasteiger partial charge in [0.2, 0.25) is 11.7 Å². The highest BCUT2D eigenvalue weighted by Gasteiger charge is 2.27. The zero-order valence-corrected chi connectivity index (χ0v) is 12.3. The van der Waals surface area contributed by atoms with Crippen LogP contribution in [0.4, 0.5) is 11.5 Å². The molecule has 0 unspecified atom stereocenters. The van der Waals surface area contributed by atoms with Crippen molar-refractivity contribution >= 4 is 17.4 Å². The normalized spacial score (nSPS) is 19.0.